The highest BCUT2D eigenvalue weighted by atomic mass is 16.5. The van der Waals surface area contributed by atoms with Crippen LogP contribution in [0.2, 0.25) is 0 Å². The molecule has 0 aromatic carbocycles. The molecule has 1 amide bonds. The maximum Gasteiger partial charge on any atom is 0.287 e. The number of carbonyl (C=O) groups is 1. The van der Waals surface area contributed by atoms with Gasteiger partial charge in [-0.1, -0.05) is 6.07 Å². The van der Waals surface area contributed by atoms with Gasteiger partial charge in [-0.05, 0) is 38.0 Å². The Bertz CT molecular complexity index is 728. The van der Waals surface area contributed by atoms with Crippen molar-refractivity contribution in [1.82, 2.24) is 9.88 Å². The number of rotatable bonds is 5. The Kier molecular flexibility index (Phi) is 4.62. The van der Waals surface area contributed by atoms with Gasteiger partial charge in [-0.15, -0.1) is 0 Å². The highest BCUT2D eigenvalue weighted by Gasteiger charge is 2.24. The van der Waals surface area contributed by atoms with Gasteiger partial charge in [0.25, 0.3) is 11.5 Å². The van der Waals surface area contributed by atoms with Crippen LogP contribution in [0.1, 0.15) is 36.1 Å². The van der Waals surface area contributed by atoms with Gasteiger partial charge in [0.15, 0.2) is 5.76 Å². The van der Waals surface area contributed by atoms with Gasteiger partial charge in [-0.25, -0.2) is 0 Å². The van der Waals surface area contributed by atoms with Crippen LogP contribution in [0.3, 0.4) is 0 Å². The van der Waals surface area contributed by atoms with Gasteiger partial charge in [-0.3, -0.25) is 9.59 Å². The van der Waals surface area contributed by atoms with Gasteiger partial charge in [0.1, 0.15) is 5.76 Å². The van der Waals surface area contributed by atoms with Crippen LogP contribution in [0.25, 0.3) is 0 Å². The lowest BCUT2D eigenvalue weighted by Gasteiger charge is -2.19. The van der Waals surface area contributed by atoms with E-state index >= 15 is 0 Å². The third-order valence-electron chi connectivity index (χ3n) is 3.99. The number of ether oxygens (including phenoxy) is 1. The third kappa shape index (κ3) is 3.71. The first kappa shape index (κ1) is 15.6. The average molecular weight is 316 g/mol. The summed E-state index contributed by atoms with van der Waals surface area (Å²) in [4.78, 5) is 23.9. The normalized spacial score (nSPS) is 18.7. The Morgan fingerprint density at radius 1 is 1.39 bits per heavy atom. The number of carbonyl (C=O) groups excluding carboxylic acids is 1. The van der Waals surface area contributed by atoms with Crippen molar-refractivity contribution in [1.29, 1.82) is 0 Å². The van der Waals surface area contributed by atoms with E-state index in [1.54, 1.807) is 30.5 Å². The lowest BCUT2D eigenvalue weighted by Crippen LogP contribution is -2.40. The first-order valence-corrected chi connectivity index (χ1v) is 7.80. The molecule has 3 heterocycles. The maximum absolute atomic E-state index is 12.2. The molecule has 1 fully saturated rings. The van der Waals surface area contributed by atoms with Crippen molar-refractivity contribution in [3.8, 4) is 0 Å². The van der Waals surface area contributed by atoms with E-state index in [0.717, 1.165) is 19.4 Å². The third-order valence-corrected chi connectivity index (χ3v) is 3.99. The number of hydrogen-bond donors (Lipinski definition) is 1. The standard InChI is InChI=1S/C17H20N2O4/c1-12(14-5-4-10-22-14)18-17(21)15-8-7-13(23-15)11-19-9-3-2-6-16(19)20/h2-3,6-9,12,14H,4-5,10-11H2,1H3,(H,18,21)/t12-,14+/m0/s1. The molecule has 23 heavy (non-hydrogen) atoms. The van der Waals surface area contributed by atoms with Crippen molar-refractivity contribution in [2.75, 3.05) is 6.61 Å². The molecular formula is C17H20N2O4. The number of amides is 1. The minimum atomic E-state index is -0.264. The minimum absolute atomic E-state index is 0.0599. The summed E-state index contributed by atoms with van der Waals surface area (Å²) in [5, 5.41) is 2.90. The second kappa shape index (κ2) is 6.83. The summed E-state index contributed by atoms with van der Waals surface area (Å²) in [6, 6.07) is 8.23. The second-order valence-electron chi connectivity index (χ2n) is 5.75. The zero-order chi connectivity index (χ0) is 16.2. The number of nitrogens with one attached hydrogen (secondary N) is 1. The van der Waals surface area contributed by atoms with Crippen LogP contribution in [-0.2, 0) is 11.3 Å². The predicted molar refractivity (Wildman–Crippen MR) is 84.4 cm³/mol. The smallest absolute Gasteiger partial charge is 0.287 e. The predicted octanol–water partition coefficient (Wildman–Crippen LogP) is 1.79. The number of pyridine rings is 1. The van der Waals surface area contributed by atoms with Crippen LogP contribution in [0, 0.1) is 0 Å². The Hall–Kier alpha value is -2.34. The molecule has 0 aliphatic carbocycles. The van der Waals surface area contributed by atoms with Gasteiger partial charge in [-0.2, -0.15) is 0 Å². The zero-order valence-corrected chi connectivity index (χ0v) is 13.0. The fourth-order valence-corrected chi connectivity index (χ4v) is 2.71. The summed E-state index contributed by atoms with van der Waals surface area (Å²) in [5.41, 5.74) is -0.109. The first-order chi connectivity index (χ1) is 11.1. The SMILES string of the molecule is C[C@H](NC(=O)c1ccc(Cn2ccccc2=O)o1)[C@H]1CCCO1. The van der Waals surface area contributed by atoms with E-state index in [1.165, 1.54) is 10.6 Å². The van der Waals surface area contributed by atoms with E-state index in [4.69, 9.17) is 9.15 Å². The van der Waals surface area contributed by atoms with Crippen molar-refractivity contribution in [3.05, 3.63) is 58.4 Å². The molecule has 1 N–H and O–H groups in total. The molecule has 3 rings (SSSR count). The fourth-order valence-electron chi connectivity index (χ4n) is 2.71. The van der Waals surface area contributed by atoms with Crippen molar-refractivity contribution in [2.24, 2.45) is 0 Å². The molecular weight excluding hydrogens is 296 g/mol. The number of nitrogens with zero attached hydrogens (tertiary/aromatic N) is 1. The Labute approximate surface area is 134 Å². The van der Waals surface area contributed by atoms with Gasteiger partial charge in [0.2, 0.25) is 0 Å². The molecule has 0 bridgehead atoms. The van der Waals surface area contributed by atoms with E-state index in [9.17, 15) is 9.59 Å². The molecule has 1 aliphatic heterocycles. The molecule has 0 spiro atoms. The molecule has 2 atom stereocenters. The molecule has 2 aromatic heterocycles. The highest BCUT2D eigenvalue weighted by molar-refractivity contribution is 5.91. The molecule has 0 radical (unpaired) electrons. The summed E-state index contributed by atoms with van der Waals surface area (Å²) >= 11 is 0. The quantitative estimate of drug-likeness (QED) is 0.912. The molecule has 2 aromatic rings. The lowest BCUT2D eigenvalue weighted by molar-refractivity contribution is 0.0695. The Balaban J connectivity index is 1.63. The number of furan rings is 1. The lowest BCUT2D eigenvalue weighted by atomic mass is 10.1. The summed E-state index contributed by atoms with van der Waals surface area (Å²) in [7, 11) is 0. The summed E-state index contributed by atoms with van der Waals surface area (Å²) in [5.74, 6) is 0.543. The summed E-state index contributed by atoms with van der Waals surface area (Å²) < 4.78 is 12.6. The minimum Gasteiger partial charge on any atom is -0.454 e. The van der Waals surface area contributed by atoms with Gasteiger partial charge in [0, 0.05) is 18.9 Å². The molecule has 122 valence electrons. The summed E-state index contributed by atoms with van der Waals surface area (Å²) in [6.07, 6.45) is 3.74. The van der Waals surface area contributed by atoms with Crippen LogP contribution in [0.5, 0.6) is 0 Å². The van der Waals surface area contributed by atoms with E-state index in [1.807, 2.05) is 6.92 Å². The van der Waals surface area contributed by atoms with Crippen LogP contribution in [-0.4, -0.2) is 29.2 Å². The maximum atomic E-state index is 12.2. The molecule has 6 heteroatoms. The molecule has 6 nitrogen and oxygen atoms in total. The van der Waals surface area contributed by atoms with Gasteiger partial charge in [0.05, 0.1) is 18.7 Å². The monoisotopic (exact) mass is 316 g/mol. The topological polar surface area (TPSA) is 73.5 Å². The fraction of sp³-hybridized carbons (Fsp3) is 0.412. The highest BCUT2D eigenvalue weighted by Crippen LogP contribution is 2.16. The van der Waals surface area contributed by atoms with Crippen molar-refractivity contribution in [3.63, 3.8) is 0 Å². The van der Waals surface area contributed by atoms with Crippen molar-refractivity contribution in [2.45, 2.75) is 38.5 Å². The number of aromatic nitrogens is 1. The first-order valence-electron chi connectivity index (χ1n) is 7.80. The Morgan fingerprint density at radius 3 is 3.00 bits per heavy atom. The largest absolute Gasteiger partial charge is 0.454 e. The van der Waals surface area contributed by atoms with E-state index in [0.29, 0.717) is 12.3 Å². The van der Waals surface area contributed by atoms with E-state index in [2.05, 4.69) is 5.32 Å². The molecule has 1 saturated heterocycles. The van der Waals surface area contributed by atoms with E-state index in [-0.39, 0.29) is 29.4 Å². The van der Waals surface area contributed by atoms with Crippen LogP contribution < -0.4 is 10.9 Å². The molecule has 0 saturated carbocycles. The average Bonchev–Trinajstić information content (AvgIpc) is 3.21. The molecule has 0 unspecified atom stereocenters. The van der Waals surface area contributed by atoms with Gasteiger partial charge >= 0.3 is 0 Å². The van der Waals surface area contributed by atoms with Gasteiger partial charge < -0.3 is 19.0 Å². The van der Waals surface area contributed by atoms with Crippen LogP contribution in [0.15, 0.2) is 45.7 Å². The molecule has 1 aliphatic rings. The Morgan fingerprint density at radius 2 is 2.26 bits per heavy atom. The number of hydrogen-bond acceptors (Lipinski definition) is 4. The summed E-state index contributed by atoms with van der Waals surface area (Å²) in [6.45, 7) is 2.98. The van der Waals surface area contributed by atoms with E-state index < -0.39 is 0 Å². The zero-order valence-electron chi connectivity index (χ0n) is 13.0. The van der Waals surface area contributed by atoms with Crippen LogP contribution in [0.4, 0.5) is 0 Å². The second-order valence-corrected chi connectivity index (χ2v) is 5.75. The van der Waals surface area contributed by atoms with Crippen LogP contribution >= 0.6 is 0 Å². The van der Waals surface area contributed by atoms with Crippen molar-refractivity contribution >= 4 is 5.91 Å². The van der Waals surface area contributed by atoms with Crippen molar-refractivity contribution < 1.29 is 13.9 Å².